The van der Waals surface area contributed by atoms with Gasteiger partial charge in [0.2, 0.25) is 0 Å². The molecule has 2 rings (SSSR count). The number of hydrogen-bond acceptors (Lipinski definition) is 5. The lowest BCUT2D eigenvalue weighted by atomic mass is 10.1. The van der Waals surface area contributed by atoms with E-state index in [1.807, 2.05) is 0 Å². The molecule has 1 heterocycles. The Kier molecular flexibility index (Phi) is 5.00. The first kappa shape index (κ1) is 15.8. The van der Waals surface area contributed by atoms with Crippen molar-refractivity contribution in [2.24, 2.45) is 0 Å². The summed E-state index contributed by atoms with van der Waals surface area (Å²) in [5.74, 6) is 0.186. The lowest BCUT2D eigenvalue weighted by Gasteiger charge is -2.12. The summed E-state index contributed by atoms with van der Waals surface area (Å²) in [6, 6.07) is 6.69. The first-order valence-electron chi connectivity index (χ1n) is 6.44. The molecule has 0 aliphatic carbocycles. The Morgan fingerprint density at radius 2 is 1.82 bits per heavy atom. The van der Waals surface area contributed by atoms with Crippen molar-refractivity contribution in [1.29, 1.82) is 0 Å². The Labute approximate surface area is 132 Å². The Morgan fingerprint density at radius 3 is 2.45 bits per heavy atom. The molecule has 0 fully saturated rings. The molecule has 0 spiro atoms. The lowest BCUT2D eigenvalue weighted by Crippen LogP contribution is -2.20. The van der Waals surface area contributed by atoms with Crippen molar-refractivity contribution in [3.05, 3.63) is 40.8 Å². The zero-order valence-corrected chi connectivity index (χ0v) is 13.2. The van der Waals surface area contributed by atoms with Crippen LogP contribution < -0.4 is 20.1 Å². The number of methoxy groups -OCH3 is 2. The summed E-state index contributed by atoms with van der Waals surface area (Å²) in [6.07, 6.45) is 0. The summed E-state index contributed by atoms with van der Waals surface area (Å²) in [6.45, 7) is 0. The number of ether oxygens (including phenoxy) is 2. The number of carbonyl (C=O) groups excluding carboxylic acids is 2. The highest BCUT2D eigenvalue weighted by atomic mass is 32.1. The van der Waals surface area contributed by atoms with Crippen molar-refractivity contribution in [3.63, 3.8) is 0 Å². The molecule has 2 aromatic rings. The highest BCUT2D eigenvalue weighted by Crippen LogP contribution is 2.32. The van der Waals surface area contributed by atoms with Gasteiger partial charge in [0.15, 0.2) is 11.5 Å². The number of hydrogen-bond donors (Lipinski definition) is 2. The second-order valence-electron chi connectivity index (χ2n) is 4.24. The van der Waals surface area contributed by atoms with Crippen molar-refractivity contribution in [2.75, 3.05) is 26.6 Å². The minimum Gasteiger partial charge on any atom is -0.493 e. The molecule has 0 saturated carbocycles. The number of thiophene rings is 1. The molecular weight excluding hydrogens is 304 g/mol. The second kappa shape index (κ2) is 6.95. The van der Waals surface area contributed by atoms with E-state index < -0.39 is 0 Å². The SMILES string of the molecule is CNC(=O)c1ccsc1NC(=O)c1cccc(OC)c1OC. The van der Waals surface area contributed by atoms with Crippen molar-refractivity contribution < 1.29 is 19.1 Å². The first-order chi connectivity index (χ1) is 10.6. The molecule has 1 aromatic carbocycles. The topological polar surface area (TPSA) is 76.7 Å². The van der Waals surface area contributed by atoms with Crippen LogP contribution in [-0.2, 0) is 0 Å². The fourth-order valence-corrected chi connectivity index (χ4v) is 2.74. The van der Waals surface area contributed by atoms with Crippen LogP contribution in [0.25, 0.3) is 0 Å². The number of anilines is 1. The Morgan fingerprint density at radius 1 is 1.05 bits per heavy atom. The van der Waals surface area contributed by atoms with Gasteiger partial charge < -0.3 is 20.1 Å². The maximum atomic E-state index is 12.5. The van der Waals surface area contributed by atoms with Gasteiger partial charge in [-0.2, -0.15) is 0 Å². The number of carbonyl (C=O) groups is 2. The Hall–Kier alpha value is -2.54. The van der Waals surface area contributed by atoms with Gasteiger partial charge in [-0.3, -0.25) is 9.59 Å². The second-order valence-corrected chi connectivity index (χ2v) is 5.15. The van der Waals surface area contributed by atoms with Crippen molar-refractivity contribution >= 4 is 28.2 Å². The summed E-state index contributed by atoms with van der Waals surface area (Å²) in [5, 5.41) is 7.48. The zero-order valence-electron chi connectivity index (χ0n) is 12.4. The Bertz CT molecular complexity index is 697. The van der Waals surface area contributed by atoms with Gasteiger partial charge in [-0.05, 0) is 23.6 Å². The predicted molar refractivity (Wildman–Crippen MR) is 85.2 cm³/mol. The summed E-state index contributed by atoms with van der Waals surface area (Å²) < 4.78 is 10.4. The molecule has 0 radical (unpaired) electrons. The van der Waals surface area contributed by atoms with Crippen LogP contribution in [0.1, 0.15) is 20.7 Å². The van der Waals surface area contributed by atoms with Gasteiger partial charge in [0, 0.05) is 7.05 Å². The van der Waals surface area contributed by atoms with Crippen LogP contribution in [0.15, 0.2) is 29.6 Å². The summed E-state index contributed by atoms with van der Waals surface area (Å²) in [4.78, 5) is 24.2. The van der Waals surface area contributed by atoms with Crippen LogP contribution in [-0.4, -0.2) is 33.1 Å². The molecule has 0 aliphatic heterocycles. The van der Waals surface area contributed by atoms with Crippen LogP contribution in [0.5, 0.6) is 11.5 Å². The largest absolute Gasteiger partial charge is 0.493 e. The van der Waals surface area contributed by atoms with Crippen molar-refractivity contribution in [3.8, 4) is 11.5 Å². The van der Waals surface area contributed by atoms with Gasteiger partial charge in [-0.1, -0.05) is 6.07 Å². The summed E-state index contributed by atoms with van der Waals surface area (Å²) in [7, 11) is 4.51. The third kappa shape index (κ3) is 3.04. The molecule has 1 aromatic heterocycles. The van der Waals surface area contributed by atoms with Crippen LogP contribution in [0.3, 0.4) is 0 Å². The number of amides is 2. The molecule has 22 heavy (non-hydrogen) atoms. The monoisotopic (exact) mass is 320 g/mol. The standard InChI is InChI=1S/C15H16N2O4S/c1-16-13(18)10-7-8-22-15(10)17-14(19)9-5-4-6-11(20-2)12(9)21-3/h4-8H,1-3H3,(H,16,18)(H,17,19). The quantitative estimate of drug-likeness (QED) is 0.887. The highest BCUT2D eigenvalue weighted by Gasteiger charge is 2.19. The predicted octanol–water partition coefficient (Wildman–Crippen LogP) is 2.38. The van der Waals surface area contributed by atoms with Gasteiger partial charge in [-0.15, -0.1) is 11.3 Å². The van der Waals surface area contributed by atoms with Crippen molar-refractivity contribution in [1.82, 2.24) is 5.32 Å². The molecule has 2 N–H and O–H groups in total. The fourth-order valence-electron chi connectivity index (χ4n) is 1.96. The van der Waals surface area contributed by atoms with Gasteiger partial charge in [0.1, 0.15) is 5.00 Å². The maximum Gasteiger partial charge on any atom is 0.260 e. The number of rotatable bonds is 5. The first-order valence-corrected chi connectivity index (χ1v) is 7.32. The molecular formula is C15H16N2O4S. The smallest absolute Gasteiger partial charge is 0.260 e. The molecule has 0 atom stereocenters. The third-order valence-corrected chi connectivity index (χ3v) is 3.84. The Balaban J connectivity index is 2.31. The van der Waals surface area contributed by atoms with Gasteiger partial charge in [-0.25, -0.2) is 0 Å². The fraction of sp³-hybridized carbons (Fsp3) is 0.200. The molecule has 6 nitrogen and oxygen atoms in total. The normalized spacial score (nSPS) is 9.95. The molecule has 7 heteroatoms. The third-order valence-electron chi connectivity index (χ3n) is 3.01. The minimum absolute atomic E-state index is 0.255. The minimum atomic E-state index is -0.372. The van der Waals surface area contributed by atoms with Crippen molar-refractivity contribution in [2.45, 2.75) is 0 Å². The summed E-state index contributed by atoms with van der Waals surface area (Å²) >= 11 is 1.27. The van der Waals surface area contributed by atoms with E-state index in [2.05, 4.69) is 10.6 Å². The van der Waals surface area contributed by atoms with Gasteiger partial charge in [0.05, 0.1) is 25.3 Å². The highest BCUT2D eigenvalue weighted by molar-refractivity contribution is 7.14. The number of benzene rings is 1. The van der Waals surface area contributed by atoms with E-state index in [1.54, 1.807) is 29.6 Å². The summed E-state index contributed by atoms with van der Waals surface area (Å²) in [5.41, 5.74) is 0.751. The molecule has 0 aliphatic rings. The average Bonchev–Trinajstić information content (AvgIpc) is 3.01. The van der Waals surface area contributed by atoms with E-state index in [0.717, 1.165) is 0 Å². The molecule has 0 saturated heterocycles. The maximum absolute atomic E-state index is 12.5. The van der Waals surface area contributed by atoms with E-state index in [4.69, 9.17) is 9.47 Å². The number of para-hydroxylation sites is 1. The molecule has 2 amide bonds. The lowest BCUT2D eigenvalue weighted by molar-refractivity contribution is 0.0964. The molecule has 0 unspecified atom stereocenters. The van der Waals surface area contributed by atoms with E-state index in [0.29, 0.717) is 27.6 Å². The van der Waals surface area contributed by atoms with Crippen LogP contribution in [0.2, 0.25) is 0 Å². The van der Waals surface area contributed by atoms with Crippen LogP contribution >= 0.6 is 11.3 Å². The van der Waals surface area contributed by atoms with E-state index >= 15 is 0 Å². The van der Waals surface area contributed by atoms with Crippen LogP contribution in [0, 0.1) is 0 Å². The average molecular weight is 320 g/mol. The van der Waals surface area contributed by atoms with E-state index in [9.17, 15) is 9.59 Å². The van der Waals surface area contributed by atoms with E-state index in [-0.39, 0.29) is 11.8 Å². The molecule has 116 valence electrons. The number of nitrogens with one attached hydrogen (secondary N) is 2. The van der Waals surface area contributed by atoms with E-state index in [1.165, 1.54) is 32.6 Å². The molecule has 0 bridgehead atoms. The zero-order chi connectivity index (χ0) is 16.1. The van der Waals surface area contributed by atoms with Gasteiger partial charge in [0.25, 0.3) is 11.8 Å². The van der Waals surface area contributed by atoms with Gasteiger partial charge >= 0.3 is 0 Å². The van der Waals surface area contributed by atoms with Crippen LogP contribution in [0.4, 0.5) is 5.00 Å².